The summed E-state index contributed by atoms with van der Waals surface area (Å²) in [5.74, 6) is 0.211. The fraction of sp³-hybridized carbons (Fsp3) is 0.125. The summed E-state index contributed by atoms with van der Waals surface area (Å²) < 4.78 is 0. The van der Waals surface area contributed by atoms with Crippen LogP contribution in [0.15, 0.2) is 83.4 Å². The first-order valence-corrected chi connectivity index (χ1v) is 5.76. The number of rotatable bonds is 1. The Labute approximate surface area is 125 Å². The Balaban J connectivity index is 0.000000331. The van der Waals surface area contributed by atoms with Crippen LogP contribution < -0.4 is 10.2 Å². The molecular weight excluding hydrogens is 280 g/mol. The summed E-state index contributed by atoms with van der Waals surface area (Å²) in [5.41, 5.74) is 1.56. The first-order valence-electron chi connectivity index (χ1n) is 5.76. The quantitative estimate of drug-likeness (QED) is 0.549. The van der Waals surface area contributed by atoms with E-state index in [-0.39, 0.29) is 28.6 Å². The molecule has 0 aromatic carbocycles. The minimum absolute atomic E-state index is 0. The van der Waals surface area contributed by atoms with E-state index in [0.29, 0.717) is 0 Å². The average Bonchev–Trinajstić information content (AvgIpc) is 3.04. The van der Waals surface area contributed by atoms with Gasteiger partial charge < -0.3 is 10.2 Å². The van der Waals surface area contributed by atoms with Crippen LogP contribution in [-0.2, 0) is 17.1 Å². The molecule has 0 fully saturated rings. The maximum atomic E-state index is 11.0. The zero-order valence-electron chi connectivity index (χ0n) is 10.9. The van der Waals surface area contributed by atoms with Crippen molar-refractivity contribution in [2.45, 2.75) is 13.8 Å². The van der Waals surface area contributed by atoms with Crippen LogP contribution in [0.4, 0.5) is 0 Å². The molecule has 2 nitrogen and oxygen atoms in total. The van der Waals surface area contributed by atoms with Gasteiger partial charge in [-0.05, 0) is 18.1 Å². The molecule has 100 valence electrons. The molecule has 0 aliphatic heterocycles. The van der Waals surface area contributed by atoms with Crippen molar-refractivity contribution in [2.75, 3.05) is 0 Å². The molecular formula is C16H16FeO2. The molecule has 3 heteroatoms. The molecule has 0 bridgehead atoms. The molecule has 0 spiro atoms. The predicted octanol–water partition coefficient (Wildman–Crippen LogP) is 2.05. The van der Waals surface area contributed by atoms with E-state index in [1.165, 1.54) is 0 Å². The molecule has 2 aliphatic rings. The Kier molecular flexibility index (Phi) is 8.43. The monoisotopic (exact) mass is 296 g/mol. The third kappa shape index (κ3) is 6.14. The first kappa shape index (κ1) is 17.3. The summed E-state index contributed by atoms with van der Waals surface area (Å²) in [6.45, 7) is 3.40. The first-order chi connectivity index (χ1) is 8.65. The van der Waals surface area contributed by atoms with Gasteiger partial charge in [0, 0.05) is 0 Å². The molecule has 0 radical (unpaired) electrons. The van der Waals surface area contributed by atoms with Crippen LogP contribution in [0.5, 0.6) is 0 Å². The molecule has 0 atom stereocenters. The Hall–Kier alpha value is -1.70. The molecule has 0 saturated heterocycles. The van der Waals surface area contributed by atoms with E-state index in [1.54, 1.807) is 19.1 Å². The largest absolute Gasteiger partial charge is 2.00 e. The molecule has 0 unspecified atom stereocenters. The second-order valence-electron chi connectivity index (χ2n) is 3.77. The summed E-state index contributed by atoms with van der Waals surface area (Å²) in [6.07, 6.45) is 18.0. The van der Waals surface area contributed by atoms with E-state index in [4.69, 9.17) is 0 Å². The van der Waals surface area contributed by atoms with Gasteiger partial charge in [0.15, 0.2) is 0 Å². The summed E-state index contributed by atoms with van der Waals surface area (Å²) in [7, 11) is 0. The van der Waals surface area contributed by atoms with Crippen LogP contribution in [-0.4, -0.2) is 0 Å². The SMILES string of the molecule is CC([O-])=C1C=CC=C1.CC=CC([O-])=C1C=CC=C1.[Fe+2]. The van der Waals surface area contributed by atoms with Gasteiger partial charge in [0.1, 0.15) is 0 Å². The van der Waals surface area contributed by atoms with Gasteiger partial charge >= 0.3 is 17.1 Å². The smallest absolute Gasteiger partial charge is 0.875 e. The van der Waals surface area contributed by atoms with Gasteiger partial charge in [0.2, 0.25) is 0 Å². The third-order valence-electron chi connectivity index (χ3n) is 2.33. The molecule has 0 N–H and O–H groups in total. The van der Waals surface area contributed by atoms with E-state index in [1.807, 2.05) is 55.5 Å². The van der Waals surface area contributed by atoms with Crippen molar-refractivity contribution in [2.24, 2.45) is 0 Å². The standard InChI is InChI=1S/C9H10O.C7H8O.Fe/c1-2-5-9(10)8-6-3-4-7-8;1-6(8)7-4-2-3-5-7;/h2-7,10H,1H3;2-5,8H,1H3;/q;;+2/p-2. The van der Waals surface area contributed by atoms with E-state index < -0.39 is 0 Å². The third-order valence-corrected chi connectivity index (χ3v) is 2.33. The number of hydrogen-bond donors (Lipinski definition) is 0. The van der Waals surface area contributed by atoms with Gasteiger partial charge in [-0.3, -0.25) is 0 Å². The topological polar surface area (TPSA) is 46.1 Å². The van der Waals surface area contributed by atoms with E-state index >= 15 is 0 Å². The molecule has 2 aliphatic carbocycles. The normalized spacial score (nSPS) is 14.6. The van der Waals surface area contributed by atoms with Crippen LogP contribution in [0.25, 0.3) is 0 Å². The molecule has 2 rings (SSSR count). The Morgan fingerprint density at radius 1 is 0.895 bits per heavy atom. The van der Waals surface area contributed by atoms with Crippen molar-refractivity contribution in [1.29, 1.82) is 0 Å². The number of hydrogen-bond acceptors (Lipinski definition) is 2. The summed E-state index contributed by atoms with van der Waals surface area (Å²) in [4.78, 5) is 0. The number of allylic oxidation sites excluding steroid dienone is 13. The van der Waals surface area contributed by atoms with E-state index in [9.17, 15) is 10.2 Å². The predicted molar refractivity (Wildman–Crippen MR) is 71.1 cm³/mol. The zero-order valence-corrected chi connectivity index (χ0v) is 12.0. The molecule has 19 heavy (non-hydrogen) atoms. The Morgan fingerprint density at radius 3 is 1.63 bits per heavy atom. The van der Waals surface area contributed by atoms with Crippen molar-refractivity contribution in [3.05, 3.63) is 83.4 Å². The minimum atomic E-state index is 0. The molecule has 0 aromatic rings. The zero-order chi connectivity index (χ0) is 13.4. The van der Waals surface area contributed by atoms with E-state index in [2.05, 4.69) is 0 Å². The fourth-order valence-electron chi connectivity index (χ4n) is 1.39. The Bertz CT molecular complexity index is 469. The second-order valence-corrected chi connectivity index (χ2v) is 3.77. The minimum Gasteiger partial charge on any atom is -0.875 e. The maximum absolute atomic E-state index is 11.0. The molecule has 0 saturated carbocycles. The van der Waals surface area contributed by atoms with Gasteiger partial charge in [0.25, 0.3) is 0 Å². The van der Waals surface area contributed by atoms with Crippen LogP contribution in [0.2, 0.25) is 0 Å². The van der Waals surface area contributed by atoms with Crippen molar-refractivity contribution in [3.8, 4) is 0 Å². The molecule has 0 heterocycles. The van der Waals surface area contributed by atoms with Crippen LogP contribution in [0, 0.1) is 0 Å². The van der Waals surface area contributed by atoms with Gasteiger partial charge in [-0.25, -0.2) is 0 Å². The van der Waals surface area contributed by atoms with Crippen LogP contribution >= 0.6 is 0 Å². The van der Waals surface area contributed by atoms with Gasteiger partial charge in [-0.2, -0.15) is 0 Å². The van der Waals surface area contributed by atoms with Crippen molar-refractivity contribution in [1.82, 2.24) is 0 Å². The van der Waals surface area contributed by atoms with Gasteiger partial charge in [-0.1, -0.05) is 67.7 Å². The van der Waals surface area contributed by atoms with Crippen molar-refractivity contribution in [3.63, 3.8) is 0 Å². The van der Waals surface area contributed by atoms with Crippen LogP contribution in [0.3, 0.4) is 0 Å². The summed E-state index contributed by atoms with van der Waals surface area (Å²) >= 11 is 0. The van der Waals surface area contributed by atoms with Crippen molar-refractivity contribution >= 4 is 0 Å². The summed E-state index contributed by atoms with van der Waals surface area (Å²) in [5, 5.41) is 21.5. The van der Waals surface area contributed by atoms with E-state index in [0.717, 1.165) is 11.1 Å². The van der Waals surface area contributed by atoms with Crippen molar-refractivity contribution < 1.29 is 27.3 Å². The Morgan fingerprint density at radius 2 is 1.32 bits per heavy atom. The van der Waals surface area contributed by atoms with Gasteiger partial charge in [0.05, 0.1) is 0 Å². The van der Waals surface area contributed by atoms with Crippen LogP contribution in [0.1, 0.15) is 13.8 Å². The molecule has 0 amide bonds. The second kappa shape index (κ2) is 9.26. The maximum Gasteiger partial charge on any atom is 2.00 e. The average molecular weight is 296 g/mol. The van der Waals surface area contributed by atoms with Gasteiger partial charge in [-0.15, -0.1) is 11.5 Å². The summed E-state index contributed by atoms with van der Waals surface area (Å²) in [6, 6.07) is 0. The molecule has 0 aromatic heterocycles. The fourth-order valence-corrected chi connectivity index (χ4v) is 1.39.